The van der Waals surface area contributed by atoms with Gasteiger partial charge in [-0.2, -0.15) is 0 Å². The number of primary amides is 1. The third-order valence-corrected chi connectivity index (χ3v) is 5.73. The Kier molecular flexibility index (Phi) is 5.74. The van der Waals surface area contributed by atoms with Crippen LogP contribution in [-0.4, -0.2) is 40.6 Å². The number of hydrogen-bond acceptors (Lipinski definition) is 5. The van der Waals surface area contributed by atoms with Gasteiger partial charge >= 0.3 is 6.09 Å². The highest BCUT2D eigenvalue weighted by Crippen LogP contribution is 2.34. The molecule has 0 aliphatic carbocycles. The number of hydrogen-bond donors (Lipinski definition) is 1. The zero-order valence-corrected chi connectivity index (χ0v) is 17.6. The standard InChI is InChI=1S/C21H27N3O3S/c1-13-5-6-15(18(22)25)11-16(13)19-23-17(12-28-19)14-7-9-24(10-8-14)20(26)27-21(2,3)4/h5-6,11-12,14H,7-10H2,1-4H3,(H2,22,25). The Labute approximate surface area is 169 Å². The fourth-order valence-electron chi connectivity index (χ4n) is 3.29. The van der Waals surface area contributed by atoms with E-state index in [0.29, 0.717) is 24.6 Å². The number of rotatable bonds is 3. The monoisotopic (exact) mass is 401 g/mol. The van der Waals surface area contributed by atoms with E-state index in [1.54, 1.807) is 22.3 Å². The maximum absolute atomic E-state index is 12.2. The van der Waals surface area contributed by atoms with Crippen LogP contribution in [0.1, 0.15) is 61.1 Å². The summed E-state index contributed by atoms with van der Waals surface area (Å²) in [6.45, 7) is 8.97. The van der Waals surface area contributed by atoms with Gasteiger partial charge in [-0.15, -0.1) is 11.3 Å². The summed E-state index contributed by atoms with van der Waals surface area (Å²) in [6.07, 6.45) is 1.48. The summed E-state index contributed by atoms with van der Waals surface area (Å²) in [5, 5.41) is 2.98. The van der Waals surface area contributed by atoms with Gasteiger partial charge in [0.2, 0.25) is 5.91 Å². The topological polar surface area (TPSA) is 85.5 Å². The summed E-state index contributed by atoms with van der Waals surface area (Å²) in [6, 6.07) is 5.45. The number of nitrogens with two attached hydrogens (primary N) is 1. The minimum Gasteiger partial charge on any atom is -0.444 e. The van der Waals surface area contributed by atoms with Crippen LogP contribution in [0.5, 0.6) is 0 Å². The van der Waals surface area contributed by atoms with E-state index in [9.17, 15) is 9.59 Å². The molecule has 3 rings (SSSR count). The van der Waals surface area contributed by atoms with Crippen molar-refractivity contribution in [3.8, 4) is 10.6 Å². The van der Waals surface area contributed by atoms with Crippen LogP contribution in [0.15, 0.2) is 23.6 Å². The van der Waals surface area contributed by atoms with Crippen LogP contribution in [-0.2, 0) is 4.74 Å². The van der Waals surface area contributed by atoms with Crippen LogP contribution in [0.4, 0.5) is 4.79 Å². The molecule has 1 saturated heterocycles. The largest absolute Gasteiger partial charge is 0.444 e. The zero-order chi connectivity index (χ0) is 20.5. The van der Waals surface area contributed by atoms with Gasteiger partial charge in [0.25, 0.3) is 0 Å². The SMILES string of the molecule is Cc1ccc(C(N)=O)cc1-c1nc(C2CCN(C(=O)OC(C)(C)C)CC2)cs1. The molecule has 1 fully saturated rings. The molecule has 0 unspecified atom stereocenters. The van der Waals surface area contributed by atoms with Crippen LogP contribution < -0.4 is 5.73 Å². The number of benzene rings is 1. The average Bonchev–Trinajstić information content (AvgIpc) is 3.10. The van der Waals surface area contributed by atoms with E-state index >= 15 is 0 Å². The van der Waals surface area contributed by atoms with E-state index in [2.05, 4.69) is 5.38 Å². The van der Waals surface area contributed by atoms with Gasteiger partial charge in [-0.05, 0) is 58.2 Å². The van der Waals surface area contributed by atoms with Crippen LogP contribution in [0.2, 0.25) is 0 Å². The predicted octanol–water partition coefficient (Wildman–Crippen LogP) is 4.33. The molecule has 2 N–H and O–H groups in total. The first-order valence-electron chi connectivity index (χ1n) is 9.48. The maximum atomic E-state index is 12.2. The highest BCUT2D eigenvalue weighted by atomic mass is 32.1. The van der Waals surface area contributed by atoms with Crippen molar-refractivity contribution in [1.82, 2.24) is 9.88 Å². The molecular weight excluding hydrogens is 374 g/mol. The molecule has 2 aromatic rings. The van der Waals surface area contributed by atoms with E-state index in [4.69, 9.17) is 15.5 Å². The molecule has 6 nitrogen and oxygen atoms in total. The molecule has 0 atom stereocenters. The van der Waals surface area contributed by atoms with Crippen LogP contribution in [0.25, 0.3) is 10.6 Å². The number of thiazole rings is 1. The molecule has 0 spiro atoms. The van der Waals surface area contributed by atoms with Crippen molar-refractivity contribution < 1.29 is 14.3 Å². The molecule has 1 aliphatic heterocycles. The first-order chi connectivity index (χ1) is 13.1. The summed E-state index contributed by atoms with van der Waals surface area (Å²) in [5.41, 5.74) is 8.47. The van der Waals surface area contributed by atoms with E-state index in [0.717, 1.165) is 34.7 Å². The molecule has 2 amide bonds. The molecule has 1 aromatic carbocycles. The van der Waals surface area contributed by atoms with Crippen molar-refractivity contribution in [3.63, 3.8) is 0 Å². The van der Waals surface area contributed by atoms with Gasteiger partial charge in [-0.25, -0.2) is 9.78 Å². The second-order valence-corrected chi connectivity index (χ2v) is 9.07. The summed E-state index contributed by atoms with van der Waals surface area (Å²) >= 11 is 1.58. The smallest absolute Gasteiger partial charge is 0.410 e. The molecule has 2 heterocycles. The van der Waals surface area contributed by atoms with Crippen molar-refractivity contribution in [2.45, 2.75) is 52.1 Å². The number of piperidine rings is 1. The third-order valence-electron chi connectivity index (χ3n) is 4.84. The van der Waals surface area contributed by atoms with E-state index in [1.807, 2.05) is 39.8 Å². The average molecular weight is 402 g/mol. The Morgan fingerprint density at radius 2 is 1.93 bits per heavy atom. The second-order valence-electron chi connectivity index (χ2n) is 8.21. The highest BCUT2D eigenvalue weighted by molar-refractivity contribution is 7.13. The molecule has 1 aromatic heterocycles. The summed E-state index contributed by atoms with van der Waals surface area (Å²) in [7, 11) is 0. The summed E-state index contributed by atoms with van der Waals surface area (Å²) < 4.78 is 5.46. The zero-order valence-electron chi connectivity index (χ0n) is 16.8. The molecule has 150 valence electrons. The van der Waals surface area contributed by atoms with E-state index in [-0.39, 0.29) is 6.09 Å². The Morgan fingerprint density at radius 3 is 2.54 bits per heavy atom. The summed E-state index contributed by atoms with van der Waals surface area (Å²) in [5.74, 6) is -0.115. The van der Waals surface area contributed by atoms with Crippen molar-refractivity contribution in [2.24, 2.45) is 5.73 Å². The number of aryl methyl sites for hydroxylation is 1. The van der Waals surface area contributed by atoms with E-state index in [1.165, 1.54) is 0 Å². The number of amides is 2. The number of aromatic nitrogens is 1. The molecule has 28 heavy (non-hydrogen) atoms. The van der Waals surface area contributed by atoms with Crippen LogP contribution in [0, 0.1) is 6.92 Å². The van der Waals surface area contributed by atoms with Gasteiger partial charge in [0.1, 0.15) is 10.6 Å². The lowest BCUT2D eigenvalue weighted by Gasteiger charge is -2.32. The third kappa shape index (κ3) is 4.70. The van der Waals surface area contributed by atoms with Crippen LogP contribution >= 0.6 is 11.3 Å². The van der Waals surface area contributed by atoms with Gasteiger partial charge in [-0.1, -0.05) is 6.07 Å². The molecule has 0 saturated carbocycles. The Morgan fingerprint density at radius 1 is 1.25 bits per heavy atom. The van der Waals surface area contributed by atoms with Gasteiger partial charge < -0.3 is 15.4 Å². The van der Waals surface area contributed by atoms with Gasteiger partial charge in [-0.3, -0.25) is 4.79 Å². The van der Waals surface area contributed by atoms with Gasteiger partial charge in [0.15, 0.2) is 0 Å². The first kappa shape index (κ1) is 20.3. The van der Waals surface area contributed by atoms with Crippen molar-refractivity contribution >= 4 is 23.3 Å². The number of nitrogens with zero attached hydrogens (tertiary/aromatic N) is 2. The first-order valence-corrected chi connectivity index (χ1v) is 10.4. The Bertz CT molecular complexity index is 877. The van der Waals surface area contributed by atoms with Gasteiger partial charge in [0, 0.05) is 35.5 Å². The lowest BCUT2D eigenvalue weighted by Crippen LogP contribution is -2.41. The lowest BCUT2D eigenvalue weighted by molar-refractivity contribution is 0.0204. The predicted molar refractivity (Wildman–Crippen MR) is 111 cm³/mol. The van der Waals surface area contributed by atoms with Crippen molar-refractivity contribution in [3.05, 3.63) is 40.4 Å². The minimum absolute atomic E-state index is 0.246. The lowest BCUT2D eigenvalue weighted by atomic mass is 9.94. The Balaban J connectivity index is 1.68. The number of carbonyl (C=O) groups is 2. The summed E-state index contributed by atoms with van der Waals surface area (Å²) in [4.78, 5) is 30.3. The fourth-order valence-corrected chi connectivity index (χ4v) is 4.27. The minimum atomic E-state index is -0.477. The molecule has 0 bridgehead atoms. The van der Waals surface area contributed by atoms with Crippen LogP contribution in [0.3, 0.4) is 0 Å². The number of ether oxygens (including phenoxy) is 1. The molecule has 0 radical (unpaired) electrons. The molecule has 7 heteroatoms. The number of likely N-dealkylation sites (tertiary alicyclic amines) is 1. The normalized spacial score (nSPS) is 15.5. The van der Waals surface area contributed by atoms with Crippen molar-refractivity contribution in [2.75, 3.05) is 13.1 Å². The fraction of sp³-hybridized carbons (Fsp3) is 0.476. The molecular formula is C21H27N3O3S. The van der Waals surface area contributed by atoms with E-state index < -0.39 is 11.5 Å². The maximum Gasteiger partial charge on any atom is 0.410 e. The molecule has 1 aliphatic rings. The quantitative estimate of drug-likeness (QED) is 0.829. The number of carbonyl (C=O) groups excluding carboxylic acids is 2. The second kappa shape index (κ2) is 7.91. The van der Waals surface area contributed by atoms with Gasteiger partial charge in [0.05, 0.1) is 5.69 Å². The van der Waals surface area contributed by atoms with Crippen molar-refractivity contribution in [1.29, 1.82) is 0 Å². The highest BCUT2D eigenvalue weighted by Gasteiger charge is 2.28. The Hall–Kier alpha value is -2.41.